The van der Waals surface area contributed by atoms with Gasteiger partial charge in [-0.2, -0.15) is 17.4 Å². The van der Waals surface area contributed by atoms with Crippen molar-refractivity contribution in [2.45, 2.75) is 19.5 Å². The molecule has 2 rings (SSSR count). The van der Waals surface area contributed by atoms with Crippen LogP contribution in [-0.2, 0) is 21.5 Å². The first kappa shape index (κ1) is 22.4. The third-order valence-corrected chi connectivity index (χ3v) is 6.29. The lowest BCUT2D eigenvalue weighted by Gasteiger charge is -2.36. The van der Waals surface area contributed by atoms with E-state index in [2.05, 4.69) is 4.72 Å². The fourth-order valence-electron chi connectivity index (χ4n) is 2.74. The molecule has 0 aliphatic carbocycles. The van der Waals surface area contributed by atoms with Crippen LogP contribution < -0.4 is 10.2 Å². The summed E-state index contributed by atoms with van der Waals surface area (Å²) in [6.07, 6.45) is 0. The first-order valence-corrected chi connectivity index (χ1v) is 10.4. The smallest absolute Gasteiger partial charge is 0.320 e. The van der Waals surface area contributed by atoms with Crippen LogP contribution in [0.2, 0.25) is 5.02 Å². The van der Waals surface area contributed by atoms with Crippen molar-refractivity contribution < 1.29 is 23.2 Å². The minimum Gasteiger partial charge on any atom is -0.323 e. The van der Waals surface area contributed by atoms with Gasteiger partial charge in [-0.3, -0.25) is 10.0 Å². The molecule has 1 aromatic rings. The normalized spacial score (nSPS) is 16.5. The second kappa shape index (κ2) is 9.52. The van der Waals surface area contributed by atoms with Crippen LogP contribution in [0.4, 0.5) is 4.79 Å². The van der Waals surface area contributed by atoms with Gasteiger partial charge in [-0.15, -0.1) is 0 Å². The third kappa shape index (κ3) is 5.79. The van der Waals surface area contributed by atoms with E-state index in [0.29, 0.717) is 11.6 Å². The highest BCUT2D eigenvalue weighted by molar-refractivity contribution is 7.87. The van der Waals surface area contributed by atoms with Crippen molar-refractivity contribution in [2.24, 2.45) is 0 Å². The molecule has 1 heterocycles. The summed E-state index contributed by atoms with van der Waals surface area (Å²) < 4.78 is 28.0. The van der Waals surface area contributed by atoms with Crippen molar-refractivity contribution in [2.75, 3.05) is 33.2 Å². The van der Waals surface area contributed by atoms with E-state index in [9.17, 15) is 18.0 Å². The lowest BCUT2D eigenvalue weighted by molar-refractivity contribution is -0.130. The molecule has 1 aliphatic rings. The molecule has 12 heteroatoms. The quantitative estimate of drug-likeness (QED) is 0.438. The van der Waals surface area contributed by atoms with E-state index < -0.39 is 22.2 Å². The van der Waals surface area contributed by atoms with Gasteiger partial charge in [0.25, 0.3) is 16.1 Å². The Morgan fingerprint density at radius 1 is 1.21 bits per heavy atom. The first-order chi connectivity index (χ1) is 13.1. The standard InChI is InChI=1S/C16H24ClN5O5S/c1-12(15(23)18-25)19-28(26,27)22-9-7-21(8-10-22)16(24)20(2)11-13-3-5-14(17)6-4-13/h3-6,12,19,25H,7-11H2,1-2H3,(H,18,23)/t12-/m1/s1. The molecule has 0 bridgehead atoms. The molecule has 0 unspecified atom stereocenters. The zero-order valence-corrected chi connectivity index (χ0v) is 17.2. The molecule has 1 fully saturated rings. The SMILES string of the molecule is C[C@@H](NS(=O)(=O)N1CCN(C(=O)N(C)Cc2ccc(Cl)cc2)CC1)C(=O)NO. The van der Waals surface area contributed by atoms with Gasteiger partial charge in [0.05, 0.1) is 0 Å². The van der Waals surface area contributed by atoms with Gasteiger partial charge in [0.2, 0.25) is 0 Å². The van der Waals surface area contributed by atoms with Crippen molar-refractivity contribution in [3.63, 3.8) is 0 Å². The monoisotopic (exact) mass is 433 g/mol. The summed E-state index contributed by atoms with van der Waals surface area (Å²) in [6, 6.07) is 5.86. The minimum atomic E-state index is -3.91. The van der Waals surface area contributed by atoms with Gasteiger partial charge in [0.15, 0.2) is 0 Å². The molecule has 1 atom stereocenters. The van der Waals surface area contributed by atoms with Crippen molar-refractivity contribution in [3.05, 3.63) is 34.9 Å². The molecule has 156 valence electrons. The number of halogens is 1. The molecule has 0 radical (unpaired) electrons. The molecule has 0 saturated carbocycles. The Kier molecular flexibility index (Phi) is 7.61. The minimum absolute atomic E-state index is 0.101. The Bertz CT molecular complexity index is 796. The van der Waals surface area contributed by atoms with E-state index in [1.54, 1.807) is 29.0 Å². The number of hydrogen-bond donors (Lipinski definition) is 3. The largest absolute Gasteiger partial charge is 0.323 e. The van der Waals surface area contributed by atoms with Gasteiger partial charge in [-0.1, -0.05) is 23.7 Å². The van der Waals surface area contributed by atoms with Crippen LogP contribution in [0, 0.1) is 0 Å². The predicted molar refractivity (Wildman–Crippen MR) is 103 cm³/mol. The Balaban J connectivity index is 1.89. The van der Waals surface area contributed by atoms with E-state index in [4.69, 9.17) is 16.8 Å². The van der Waals surface area contributed by atoms with Crippen LogP contribution in [0.15, 0.2) is 24.3 Å². The highest BCUT2D eigenvalue weighted by Crippen LogP contribution is 2.13. The van der Waals surface area contributed by atoms with Gasteiger partial charge in [-0.05, 0) is 24.6 Å². The van der Waals surface area contributed by atoms with Crippen molar-refractivity contribution in [1.82, 2.24) is 24.3 Å². The number of benzene rings is 1. The van der Waals surface area contributed by atoms with E-state index in [-0.39, 0.29) is 32.2 Å². The number of nitrogens with one attached hydrogen (secondary N) is 2. The fraction of sp³-hybridized carbons (Fsp3) is 0.500. The van der Waals surface area contributed by atoms with E-state index in [0.717, 1.165) is 9.87 Å². The van der Waals surface area contributed by atoms with Gasteiger partial charge in [0, 0.05) is 44.8 Å². The van der Waals surface area contributed by atoms with E-state index >= 15 is 0 Å². The number of urea groups is 1. The number of amides is 3. The van der Waals surface area contributed by atoms with Gasteiger partial charge < -0.3 is 9.80 Å². The summed E-state index contributed by atoms with van der Waals surface area (Å²) in [6.45, 7) is 2.38. The molecule has 3 N–H and O–H groups in total. The highest BCUT2D eigenvalue weighted by atomic mass is 35.5. The number of nitrogens with zero attached hydrogens (tertiary/aromatic N) is 3. The molecule has 1 saturated heterocycles. The number of rotatable bonds is 6. The van der Waals surface area contributed by atoms with Gasteiger partial charge >= 0.3 is 6.03 Å². The molecule has 1 aliphatic heterocycles. The van der Waals surface area contributed by atoms with Crippen LogP contribution in [0.25, 0.3) is 0 Å². The van der Waals surface area contributed by atoms with Crippen molar-refractivity contribution in [3.8, 4) is 0 Å². The summed E-state index contributed by atoms with van der Waals surface area (Å²) in [5.74, 6) is -0.860. The maximum atomic E-state index is 12.6. The first-order valence-electron chi connectivity index (χ1n) is 8.60. The topological polar surface area (TPSA) is 122 Å². The van der Waals surface area contributed by atoms with Crippen molar-refractivity contribution in [1.29, 1.82) is 0 Å². The molecule has 28 heavy (non-hydrogen) atoms. The summed E-state index contributed by atoms with van der Waals surface area (Å²) in [5, 5.41) is 9.20. The maximum absolute atomic E-state index is 12.6. The Morgan fingerprint density at radius 3 is 2.32 bits per heavy atom. The molecule has 3 amide bonds. The summed E-state index contributed by atoms with van der Waals surface area (Å²) in [4.78, 5) is 27.0. The zero-order chi connectivity index (χ0) is 20.9. The average Bonchev–Trinajstić information content (AvgIpc) is 2.68. The van der Waals surface area contributed by atoms with Crippen molar-refractivity contribution >= 4 is 33.7 Å². The summed E-state index contributed by atoms with van der Waals surface area (Å²) >= 11 is 5.86. The number of hydroxylamine groups is 1. The number of carbonyl (C=O) groups excluding carboxylic acids is 2. The lowest BCUT2D eigenvalue weighted by atomic mass is 10.2. The van der Waals surface area contributed by atoms with Crippen LogP contribution in [0.5, 0.6) is 0 Å². The molecule has 1 aromatic carbocycles. The van der Waals surface area contributed by atoms with Gasteiger partial charge in [-0.25, -0.2) is 10.3 Å². The summed E-state index contributed by atoms with van der Waals surface area (Å²) in [7, 11) is -2.23. The molecular weight excluding hydrogens is 410 g/mol. The second-order valence-electron chi connectivity index (χ2n) is 6.47. The maximum Gasteiger partial charge on any atom is 0.320 e. The summed E-state index contributed by atoms with van der Waals surface area (Å²) in [5.41, 5.74) is 2.33. The van der Waals surface area contributed by atoms with Crippen LogP contribution in [0.3, 0.4) is 0 Å². The molecule has 0 spiro atoms. The van der Waals surface area contributed by atoms with Crippen LogP contribution in [-0.4, -0.2) is 78.9 Å². The number of hydrogen-bond acceptors (Lipinski definition) is 5. The Hall–Kier alpha value is -1.92. The number of piperazine rings is 1. The zero-order valence-electron chi connectivity index (χ0n) is 15.6. The Labute approximate surface area is 169 Å². The number of carbonyl (C=O) groups is 2. The lowest BCUT2D eigenvalue weighted by Crippen LogP contribution is -2.57. The fourth-order valence-corrected chi connectivity index (χ4v) is 4.21. The van der Waals surface area contributed by atoms with Crippen LogP contribution in [0.1, 0.15) is 12.5 Å². The third-order valence-electron chi connectivity index (χ3n) is 4.34. The van der Waals surface area contributed by atoms with E-state index in [1.807, 2.05) is 12.1 Å². The van der Waals surface area contributed by atoms with Crippen LogP contribution >= 0.6 is 11.6 Å². The Morgan fingerprint density at radius 2 is 1.79 bits per heavy atom. The molecular formula is C16H24ClN5O5S. The predicted octanol–water partition coefficient (Wildman–Crippen LogP) is 0.238. The highest BCUT2D eigenvalue weighted by Gasteiger charge is 2.31. The second-order valence-corrected chi connectivity index (χ2v) is 8.61. The van der Waals surface area contributed by atoms with Gasteiger partial charge in [0.1, 0.15) is 6.04 Å². The average molecular weight is 434 g/mol. The molecule has 10 nitrogen and oxygen atoms in total. The molecule has 0 aromatic heterocycles. The van der Waals surface area contributed by atoms with E-state index in [1.165, 1.54) is 12.4 Å².